The van der Waals surface area contributed by atoms with Crippen LogP contribution in [0.15, 0.2) is 12.1 Å². The number of halogens is 3. The summed E-state index contributed by atoms with van der Waals surface area (Å²) in [6.45, 7) is 2.19. The topological polar surface area (TPSA) is 76.7 Å². The van der Waals surface area contributed by atoms with Crippen LogP contribution in [0.3, 0.4) is 0 Å². The van der Waals surface area contributed by atoms with Crippen molar-refractivity contribution < 1.29 is 32.2 Å². The molecule has 4 saturated carbocycles. The first kappa shape index (κ1) is 25.2. The van der Waals surface area contributed by atoms with Crippen LogP contribution in [0.25, 0.3) is 0 Å². The van der Waals surface area contributed by atoms with Crippen molar-refractivity contribution in [2.45, 2.75) is 88.8 Å². The van der Waals surface area contributed by atoms with Crippen LogP contribution in [0.4, 0.5) is 13.2 Å². The highest BCUT2D eigenvalue weighted by Crippen LogP contribution is 2.49. The zero-order chi connectivity index (χ0) is 25.6. The van der Waals surface area contributed by atoms with Gasteiger partial charge in [-0.3, -0.25) is 9.59 Å². The Balaban J connectivity index is 1.30. The van der Waals surface area contributed by atoms with Crippen molar-refractivity contribution in [1.29, 1.82) is 0 Å². The van der Waals surface area contributed by atoms with E-state index < -0.39 is 35.6 Å². The maximum atomic E-state index is 14.8. The number of methoxy groups -OCH3 is 1. The van der Waals surface area contributed by atoms with Gasteiger partial charge in [0.15, 0.2) is 11.6 Å². The molecule has 9 heteroatoms. The average Bonchev–Trinajstić information content (AvgIpc) is 3.42. The number of hydrogen-bond acceptors (Lipinski definition) is 4. The second kappa shape index (κ2) is 9.78. The van der Waals surface area contributed by atoms with E-state index in [2.05, 4.69) is 17.6 Å². The molecule has 0 saturated heterocycles. The van der Waals surface area contributed by atoms with Gasteiger partial charge >= 0.3 is 0 Å². The lowest BCUT2D eigenvalue weighted by atomic mass is 9.82. The molecule has 5 rings (SSSR count). The first-order valence-electron chi connectivity index (χ1n) is 13.2. The fourth-order valence-electron chi connectivity index (χ4n) is 6.66. The average molecular weight is 509 g/mol. The van der Waals surface area contributed by atoms with Crippen molar-refractivity contribution in [1.82, 2.24) is 10.6 Å². The molecule has 0 aliphatic heterocycles. The molecule has 2 N–H and O–H groups in total. The van der Waals surface area contributed by atoms with Crippen molar-refractivity contribution in [3.05, 3.63) is 23.5 Å². The predicted octanol–water partition coefficient (Wildman–Crippen LogP) is 4.85. The van der Waals surface area contributed by atoms with E-state index >= 15 is 0 Å². The molecule has 0 spiro atoms. The number of fused-ring (bicyclic) bond motifs is 2. The van der Waals surface area contributed by atoms with Gasteiger partial charge in [-0.1, -0.05) is 6.92 Å². The smallest absolute Gasteiger partial charge is 0.255 e. The molecule has 4 fully saturated rings. The molecule has 6 nitrogen and oxygen atoms in total. The van der Waals surface area contributed by atoms with E-state index in [9.17, 15) is 22.8 Å². The SMILES string of the molecule is COc1cc(F)c(OC2CCC(C)CC2)cc1C(=O)N[C@@H]1[C@H]2CC[C@H](C2)[C@@H]1C(=O)NC1CC(F)(F)C1. The van der Waals surface area contributed by atoms with Gasteiger partial charge < -0.3 is 20.1 Å². The van der Waals surface area contributed by atoms with E-state index in [-0.39, 0.29) is 53.8 Å². The summed E-state index contributed by atoms with van der Waals surface area (Å²) >= 11 is 0. The summed E-state index contributed by atoms with van der Waals surface area (Å²) in [5.41, 5.74) is 0.152. The summed E-state index contributed by atoms with van der Waals surface area (Å²) in [5.74, 6) is -3.50. The van der Waals surface area contributed by atoms with Gasteiger partial charge in [0.1, 0.15) is 5.75 Å². The fourth-order valence-corrected chi connectivity index (χ4v) is 6.66. The lowest BCUT2D eigenvalue weighted by Gasteiger charge is -2.38. The molecule has 0 unspecified atom stereocenters. The monoisotopic (exact) mass is 508 g/mol. The number of nitrogens with one attached hydrogen (secondary N) is 2. The molecule has 4 aliphatic carbocycles. The summed E-state index contributed by atoms with van der Waals surface area (Å²) in [7, 11) is 1.37. The Labute approximate surface area is 209 Å². The molecule has 4 atom stereocenters. The van der Waals surface area contributed by atoms with Crippen LogP contribution >= 0.6 is 0 Å². The van der Waals surface area contributed by atoms with E-state index in [0.717, 1.165) is 51.0 Å². The fraction of sp³-hybridized carbons (Fsp3) is 0.704. The highest BCUT2D eigenvalue weighted by atomic mass is 19.3. The minimum Gasteiger partial charge on any atom is -0.496 e. The number of hydrogen-bond donors (Lipinski definition) is 2. The number of ether oxygens (including phenoxy) is 2. The molecule has 0 radical (unpaired) electrons. The van der Waals surface area contributed by atoms with Crippen LogP contribution in [-0.2, 0) is 4.79 Å². The summed E-state index contributed by atoms with van der Waals surface area (Å²) < 4.78 is 52.5. The number of alkyl halides is 2. The maximum absolute atomic E-state index is 14.8. The van der Waals surface area contributed by atoms with Crippen molar-refractivity contribution in [2.24, 2.45) is 23.7 Å². The highest BCUT2D eigenvalue weighted by molar-refractivity contribution is 5.98. The van der Waals surface area contributed by atoms with Gasteiger partial charge in [0, 0.05) is 31.0 Å². The van der Waals surface area contributed by atoms with Crippen molar-refractivity contribution >= 4 is 11.8 Å². The third-order valence-electron chi connectivity index (χ3n) is 8.71. The molecule has 4 aliphatic rings. The third-order valence-corrected chi connectivity index (χ3v) is 8.71. The maximum Gasteiger partial charge on any atom is 0.255 e. The predicted molar refractivity (Wildman–Crippen MR) is 127 cm³/mol. The Morgan fingerprint density at radius 2 is 1.67 bits per heavy atom. The Kier molecular flexibility index (Phi) is 6.85. The number of carbonyl (C=O) groups is 2. The Hall–Kier alpha value is -2.45. The van der Waals surface area contributed by atoms with Gasteiger partial charge in [-0.05, 0) is 68.8 Å². The highest BCUT2D eigenvalue weighted by Gasteiger charge is 2.53. The van der Waals surface area contributed by atoms with Crippen molar-refractivity contribution in [3.63, 3.8) is 0 Å². The molecule has 2 bridgehead atoms. The summed E-state index contributed by atoms with van der Waals surface area (Å²) in [6.07, 6.45) is 5.52. The lowest BCUT2D eigenvalue weighted by molar-refractivity contribution is -0.134. The van der Waals surface area contributed by atoms with E-state index in [1.165, 1.54) is 13.2 Å². The van der Waals surface area contributed by atoms with E-state index in [1.807, 2.05) is 0 Å². The van der Waals surface area contributed by atoms with Gasteiger partial charge in [-0.2, -0.15) is 0 Å². The minimum atomic E-state index is -2.71. The molecule has 2 amide bonds. The van der Waals surface area contributed by atoms with Gasteiger partial charge in [-0.25, -0.2) is 13.2 Å². The van der Waals surface area contributed by atoms with Crippen LogP contribution in [0.2, 0.25) is 0 Å². The first-order chi connectivity index (χ1) is 17.1. The number of benzene rings is 1. The third kappa shape index (κ3) is 5.02. The van der Waals surface area contributed by atoms with E-state index in [1.54, 1.807) is 0 Å². The summed E-state index contributed by atoms with van der Waals surface area (Å²) in [5, 5.41) is 5.77. The molecule has 0 heterocycles. The number of amides is 2. The van der Waals surface area contributed by atoms with Gasteiger partial charge in [0.2, 0.25) is 5.91 Å². The Bertz CT molecular complexity index is 1000. The van der Waals surface area contributed by atoms with E-state index in [4.69, 9.17) is 9.47 Å². The van der Waals surface area contributed by atoms with Crippen molar-refractivity contribution in [2.75, 3.05) is 7.11 Å². The lowest BCUT2D eigenvalue weighted by Crippen LogP contribution is -2.56. The van der Waals surface area contributed by atoms with Gasteiger partial charge in [-0.15, -0.1) is 0 Å². The zero-order valence-electron chi connectivity index (χ0n) is 20.8. The van der Waals surface area contributed by atoms with Crippen LogP contribution in [0.1, 0.15) is 75.1 Å². The van der Waals surface area contributed by atoms with E-state index in [0.29, 0.717) is 5.92 Å². The summed E-state index contributed by atoms with van der Waals surface area (Å²) in [6, 6.07) is 1.62. The van der Waals surface area contributed by atoms with Gasteiger partial charge in [0.05, 0.1) is 24.7 Å². The largest absolute Gasteiger partial charge is 0.496 e. The Morgan fingerprint density at radius 3 is 2.33 bits per heavy atom. The second-order valence-corrected chi connectivity index (χ2v) is 11.3. The molecule has 36 heavy (non-hydrogen) atoms. The van der Waals surface area contributed by atoms with Crippen LogP contribution in [0, 0.1) is 29.5 Å². The first-order valence-corrected chi connectivity index (χ1v) is 13.2. The second-order valence-electron chi connectivity index (χ2n) is 11.3. The molecule has 1 aromatic carbocycles. The Morgan fingerprint density at radius 1 is 0.972 bits per heavy atom. The number of carbonyl (C=O) groups excluding carboxylic acids is 2. The van der Waals surface area contributed by atoms with Crippen LogP contribution < -0.4 is 20.1 Å². The normalized spacial score (nSPS) is 33.0. The van der Waals surface area contributed by atoms with Gasteiger partial charge in [0.25, 0.3) is 11.8 Å². The van der Waals surface area contributed by atoms with Crippen LogP contribution in [0.5, 0.6) is 11.5 Å². The molecule has 198 valence electrons. The minimum absolute atomic E-state index is 0.0219. The molecule has 1 aromatic rings. The summed E-state index contributed by atoms with van der Waals surface area (Å²) in [4.78, 5) is 26.4. The molecule has 0 aromatic heterocycles. The molecular formula is C27H35F3N2O4. The zero-order valence-corrected chi connectivity index (χ0v) is 20.8. The van der Waals surface area contributed by atoms with Crippen LogP contribution in [-0.4, -0.2) is 43.0 Å². The quantitative estimate of drug-likeness (QED) is 0.552. The number of rotatable bonds is 7. The molecular weight excluding hydrogens is 473 g/mol. The van der Waals surface area contributed by atoms with Crippen molar-refractivity contribution in [3.8, 4) is 11.5 Å². The standard InChI is InChI=1S/C27H35F3N2O4/c1-14-3-7-18(8-4-14)36-22-10-19(21(35-2)11-20(22)28)25(33)32-24-16-6-5-15(9-16)23(24)26(34)31-17-12-27(29,30)13-17/h10-11,14-18,23-24H,3-9,12-13H2,1-2H3,(H,31,34)(H,32,33)/t14?,15-,16+,18?,23+,24-/m1/s1.